The third-order valence-corrected chi connectivity index (χ3v) is 5.55. The summed E-state index contributed by atoms with van der Waals surface area (Å²) in [6, 6.07) is 0. The molecule has 0 spiro atoms. The van der Waals surface area contributed by atoms with Crippen LogP contribution in [0.5, 0.6) is 0 Å². The summed E-state index contributed by atoms with van der Waals surface area (Å²) in [4.78, 5) is 23.8. The summed E-state index contributed by atoms with van der Waals surface area (Å²) in [5, 5.41) is 0. The molecule has 1 saturated carbocycles. The normalized spacial score (nSPS) is 35.1. The average molecular weight is 368 g/mol. The van der Waals surface area contributed by atoms with Crippen LogP contribution in [0.25, 0.3) is 0 Å². The van der Waals surface area contributed by atoms with Gasteiger partial charge in [0.05, 0.1) is 25.4 Å². The van der Waals surface area contributed by atoms with E-state index in [1.807, 2.05) is 0 Å². The predicted octanol–water partition coefficient (Wildman–Crippen LogP) is 1.81. The summed E-state index contributed by atoms with van der Waals surface area (Å²) in [6.07, 6.45) is 0.825. The molecule has 17 heavy (non-hydrogen) atoms. The van der Waals surface area contributed by atoms with Crippen LogP contribution < -0.4 is 0 Å². The van der Waals surface area contributed by atoms with E-state index in [0.29, 0.717) is 11.1 Å². The van der Waals surface area contributed by atoms with Crippen molar-refractivity contribution in [2.24, 2.45) is 11.8 Å². The van der Waals surface area contributed by atoms with Crippen LogP contribution in [-0.2, 0) is 19.1 Å². The first-order valence-corrected chi connectivity index (χ1v) is 7.04. The molecule has 0 radical (unpaired) electrons. The highest BCUT2D eigenvalue weighted by Gasteiger charge is 2.55. The molecule has 94 valence electrons. The van der Waals surface area contributed by atoms with Gasteiger partial charge in [-0.3, -0.25) is 0 Å². The standard InChI is InChI=1S/C11H12Br2O4/c1-16-10(14)6-4-3-5(12)7(9(4)13)8(6)11(15)17-2/h4-5,7,9H,3H2,1-2H3/t4-,5+,7+,9-/m1/s1. The number of ether oxygens (including phenoxy) is 2. The zero-order valence-electron chi connectivity index (χ0n) is 9.41. The summed E-state index contributed by atoms with van der Waals surface area (Å²) in [5.41, 5.74) is 0.932. The second-order valence-electron chi connectivity index (χ2n) is 4.14. The van der Waals surface area contributed by atoms with Crippen LogP contribution in [0.15, 0.2) is 11.1 Å². The van der Waals surface area contributed by atoms with Crippen molar-refractivity contribution in [1.29, 1.82) is 0 Å². The Balaban J connectivity index is 2.48. The molecule has 4 nitrogen and oxygen atoms in total. The van der Waals surface area contributed by atoms with Gasteiger partial charge in [0.2, 0.25) is 0 Å². The van der Waals surface area contributed by atoms with Crippen LogP contribution in [0.1, 0.15) is 6.42 Å². The summed E-state index contributed by atoms with van der Waals surface area (Å²) in [6.45, 7) is 0. The van der Waals surface area contributed by atoms with Crippen LogP contribution in [0.2, 0.25) is 0 Å². The molecule has 0 heterocycles. The lowest BCUT2D eigenvalue weighted by Gasteiger charge is -2.20. The van der Waals surface area contributed by atoms with Crippen molar-refractivity contribution < 1.29 is 19.1 Å². The Labute approximate surface area is 116 Å². The minimum Gasteiger partial charge on any atom is -0.466 e. The molecule has 2 aliphatic carbocycles. The van der Waals surface area contributed by atoms with E-state index in [-0.39, 0.29) is 21.5 Å². The largest absolute Gasteiger partial charge is 0.466 e. The molecule has 0 aromatic carbocycles. The molecular weight excluding hydrogens is 356 g/mol. The molecule has 2 aliphatic rings. The van der Waals surface area contributed by atoms with Gasteiger partial charge in [0, 0.05) is 21.5 Å². The van der Waals surface area contributed by atoms with Crippen molar-refractivity contribution in [3.8, 4) is 0 Å². The monoisotopic (exact) mass is 366 g/mol. The number of alkyl halides is 2. The van der Waals surface area contributed by atoms with E-state index in [0.717, 1.165) is 6.42 Å². The first-order chi connectivity index (χ1) is 8.02. The lowest BCUT2D eigenvalue weighted by Crippen LogP contribution is -2.25. The van der Waals surface area contributed by atoms with E-state index in [4.69, 9.17) is 9.47 Å². The number of halogens is 2. The molecule has 4 atom stereocenters. The number of hydrogen-bond acceptors (Lipinski definition) is 4. The van der Waals surface area contributed by atoms with Gasteiger partial charge in [-0.2, -0.15) is 0 Å². The Hall–Kier alpha value is -0.360. The number of hydrogen-bond donors (Lipinski definition) is 0. The van der Waals surface area contributed by atoms with E-state index in [1.54, 1.807) is 0 Å². The van der Waals surface area contributed by atoms with Gasteiger partial charge < -0.3 is 9.47 Å². The fourth-order valence-electron chi connectivity index (χ4n) is 2.69. The maximum Gasteiger partial charge on any atom is 0.334 e. The molecule has 2 rings (SSSR count). The molecule has 0 unspecified atom stereocenters. The molecule has 0 aliphatic heterocycles. The van der Waals surface area contributed by atoms with Gasteiger partial charge in [-0.15, -0.1) is 0 Å². The van der Waals surface area contributed by atoms with Crippen molar-refractivity contribution in [2.75, 3.05) is 14.2 Å². The van der Waals surface area contributed by atoms with E-state index < -0.39 is 11.9 Å². The van der Waals surface area contributed by atoms with Gasteiger partial charge >= 0.3 is 11.9 Å². The second kappa shape index (κ2) is 4.72. The van der Waals surface area contributed by atoms with Crippen molar-refractivity contribution in [1.82, 2.24) is 0 Å². The predicted molar refractivity (Wildman–Crippen MR) is 68.1 cm³/mol. The number of esters is 2. The zero-order valence-corrected chi connectivity index (χ0v) is 12.6. The van der Waals surface area contributed by atoms with E-state index in [9.17, 15) is 9.59 Å². The van der Waals surface area contributed by atoms with Gasteiger partial charge in [0.1, 0.15) is 0 Å². The Morgan fingerprint density at radius 3 is 2.18 bits per heavy atom. The molecule has 2 bridgehead atoms. The molecule has 0 amide bonds. The van der Waals surface area contributed by atoms with Crippen molar-refractivity contribution in [3.05, 3.63) is 11.1 Å². The summed E-state index contributed by atoms with van der Waals surface area (Å²) >= 11 is 7.11. The van der Waals surface area contributed by atoms with E-state index >= 15 is 0 Å². The highest BCUT2D eigenvalue weighted by molar-refractivity contribution is 9.10. The van der Waals surface area contributed by atoms with Gasteiger partial charge in [-0.05, 0) is 6.42 Å². The van der Waals surface area contributed by atoms with Crippen LogP contribution >= 0.6 is 31.9 Å². The van der Waals surface area contributed by atoms with Gasteiger partial charge in [0.25, 0.3) is 0 Å². The Bertz CT molecular complexity index is 404. The number of carbonyl (C=O) groups is 2. The SMILES string of the molecule is COC(=O)C1=C(C(=O)OC)[C@H]2C[C@H](Br)[C@@H]1[C@@H]2Br. The van der Waals surface area contributed by atoms with Crippen LogP contribution in [0.3, 0.4) is 0 Å². The van der Waals surface area contributed by atoms with Gasteiger partial charge in [-0.1, -0.05) is 31.9 Å². The van der Waals surface area contributed by atoms with E-state index in [2.05, 4.69) is 31.9 Å². The number of fused-ring (bicyclic) bond motifs is 2. The number of carbonyl (C=O) groups excluding carboxylic acids is 2. The van der Waals surface area contributed by atoms with Crippen molar-refractivity contribution in [3.63, 3.8) is 0 Å². The van der Waals surface area contributed by atoms with E-state index in [1.165, 1.54) is 14.2 Å². The zero-order chi connectivity index (χ0) is 12.7. The molecule has 6 heteroatoms. The molecular formula is C11H12Br2O4. The Morgan fingerprint density at radius 2 is 1.65 bits per heavy atom. The number of rotatable bonds is 2. The minimum atomic E-state index is -0.438. The Kier molecular flexibility index (Phi) is 3.63. The maximum absolute atomic E-state index is 11.8. The summed E-state index contributed by atoms with van der Waals surface area (Å²) < 4.78 is 9.52. The molecule has 0 N–H and O–H groups in total. The molecule has 0 saturated heterocycles. The highest BCUT2D eigenvalue weighted by atomic mass is 79.9. The van der Waals surface area contributed by atoms with Crippen molar-refractivity contribution >= 4 is 43.8 Å². The van der Waals surface area contributed by atoms with Crippen LogP contribution in [-0.4, -0.2) is 35.8 Å². The first-order valence-electron chi connectivity index (χ1n) is 5.21. The topological polar surface area (TPSA) is 52.6 Å². The fourth-order valence-corrected chi connectivity index (χ4v) is 5.21. The smallest absolute Gasteiger partial charge is 0.334 e. The quantitative estimate of drug-likeness (QED) is 0.551. The minimum absolute atomic E-state index is 0.0194. The summed E-state index contributed by atoms with van der Waals surface area (Å²) in [5.74, 6) is -0.874. The van der Waals surface area contributed by atoms with Gasteiger partial charge in [-0.25, -0.2) is 9.59 Å². The molecule has 0 aromatic heterocycles. The second-order valence-corrected chi connectivity index (χ2v) is 6.37. The lowest BCUT2D eigenvalue weighted by molar-refractivity contribution is -0.139. The van der Waals surface area contributed by atoms with Crippen molar-refractivity contribution in [2.45, 2.75) is 16.1 Å². The summed E-state index contributed by atoms with van der Waals surface area (Å²) in [7, 11) is 2.65. The molecule has 0 aromatic rings. The Morgan fingerprint density at radius 1 is 1.12 bits per heavy atom. The lowest BCUT2D eigenvalue weighted by atomic mass is 9.91. The third-order valence-electron chi connectivity index (χ3n) is 3.40. The maximum atomic E-state index is 11.8. The first kappa shape index (κ1) is 13.1. The average Bonchev–Trinajstić information content (AvgIpc) is 2.76. The molecule has 1 fully saturated rings. The third kappa shape index (κ3) is 1.85. The highest BCUT2D eigenvalue weighted by Crippen LogP contribution is 2.55. The van der Waals surface area contributed by atoms with Crippen LogP contribution in [0.4, 0.5) is 0 Å². The fraction of sp³-hybridized carbons (Fsp3) is 0.636. The van der Waals surface area contributed by atoms with Gasteiger partial charge in [0.15, 0.2) is 0 Å². The number of methoxy groups -OCH3 is 2. The van der Waals surface area contributed by atoms with Crippen LogP contribution in [0, 0.1) is 11.8 Å².